The van der Waals surface area contributed by atoms with Crippen molar-refractivity contribution in [2.75, 3.05) is 32.4 Å². The van der Waals surface area contributed by atoms with Gasteiger partial charge in [-0.3, -0.25) is 14.5 Å². The molecule has 2 saturated heterocycles. The van der Waals surface area contributed by atoms with E-state index in [1.807, 2.05) is 19.9 Å². The summed E-state index contributed by atoms with van der Waals surface area (Å²) in [6.45, 7) is 7.18. The summed E-state index contributed by atoms with van der Waals surface area (Å²) in [7, 11) is -3.43. The molecule has 3 unspecified atom stereocenters. The van der Waals surface area contributed by atoms with E-state index >= 15 is 0 Å². The van der Waals surface area contributed by atoms with Gasteiger partial charge >= 0.3 is 0 Å². The molecule has 0 radical (unpaired) electrons. The summed E-state index contributed by atoms with van der Waals surface area (Å²) < 4.78 is 26.2. The van der Waals surface area contributed by atoms with Crippen molar-refractivity contribution in [1.29, 1.82) is 0 Å². The summed E-state index contributed by atoms with van der Waals surface area (Å²) in [5, 5.41) is 0. The fourth-order valence-electron chi connectivity index (χ4n) is 4.25. The molecular weight excluding hydrogens is 493 g/mol. The van der Waals surface area contributed by atoms with E-state index in [2.05, 4.69) is 9.62 Å². The quantitative estimate of drug-likeness (QED) is 0.297. The number of amides is 1. The Kier molecular flexibility index (Phi) is 8.90. The molecule has 2 fully saturated rings. The van der Waals surface area contributed by atoms with Gasteiger partial charge in [-0.05, 0) is 60.9 Å². The van der Waals surface area contributed by atoms with Crippen LogP contribution in [0.2, 0.25) is 0 Å². The standard InChI is InChI=1S/C19H32IN3O4S/c1-14(2)17(19(20)25)18-15(21-28(3,26)27)9-13-23(18)16(24)8-7-12-22-10-5-4-6-11-22/h7-8,14-15,17-18,21H,4-6,9-13H2,1-3H3. The Morgan fingerprint density at radius 1 is 1.18 bits per heavy atom. The third-order valence-electron chi connectivity index (χ3n) is 5.52. The van der Waals surface area contributed by atoms with Crippen LogP contribution >= 0.6 is 22.6 Å². The highest BCUT2D eigenvalue weighted by Crippen LogP contribution is 2.32. The number of rotatable bonds is 8. The molecule has 2 heterocycles. The Morgan fingerprint density at radius 2 is 1.82 bits per heavy atom. The number of likely N-dealkylation sites (tertiary alicyclic amines) is 2. The first-order valence-electron chi connectivity index (χ1n) is 9.96. The normalized spacial score (nSPS) is 25.5. The van der Waals surface area contributed by atoms with Gasteiger partial charge in [0.15, 0.2) is 3.79 Å². The summed E-state index contributed by atoms with van der Waals surface area (Å²) in [5.41, 5.74) is 0. The number of sulfonamides is 1. The van der Waals surface area contributed by atoms with Crippen LogP contribution < -0.4 is 4.72 Å². The van der Waals surface area contributed by atoms with Crippen molar-refractivity contribution >= 4 is 42.3 Å². The molecule has 2 aliphatic heterocycles. The van der Waals surface area contributed by atoms with E-state index in [9.17, 15) is 18.0 Å². The number of halogens is 1. The Hall–Kier alpha value is -0.520. The summed E-state index contributed by atoms with van der Waals surface area (Å²) in [4.78, 5) is 29.2. The third-order valence-corrected chi connectivity index (χ3v) is 6.97. The van der Waals surface area contributed by atoms with Gasteiger partial charge in [0.25, 0.3) is 0 Å². The largest absolute Gasteiger partial charge is 0.334 e. The zero-order valence-electron chi connectivity index (χ0n) is 16.9. The van der Waals surface area contributed by atoms with Crippen LogP contribution in [0.25, 0.3) is 0 Å². The van der Waals surface area contributed by atoms with Gasteiger partial charge in [-0.1, -0.05) is 26.3 Å². The lowest BCUT2D eigenvalue weighted by molar-refractivity contribution is -0.129. The molecule has 0 saturated carbocycles. The van der Waals surface area contributed by atoms with Gasteiger partial charge in [0.1, 0.15) is 0 Å². The van der Waals surface area contributed by atoms with E-state index in [4.69, 9.17) is 0 Å². The first-order chi connectivity index (χ1) is 13.1. The van der Waals surface area contributed by atoms with Crippen molar-refractivity contribution in [3.05, 3.63) is 12.2 Å². The van der Waals surface area contributed by atoms with E-state index in [1.165, 1.54) is 19.3 Å². The van der Waals surface area contributed by atoms with Crippen molar-refractivity contribution < 1.29 is 18.0 Å². The van der Waals surface area contributed by atoms with Crippen LogP contribution in [0.1, 0.15) is 39.5 Å². The van der Waals surface area contributed by atoms with Crippen molar-refractivity contribution in [1.82, 2.24) is 14.5 Å². The average molecular weight is 525 g/mol. The molecule has 0 bridgehead atoms. The summed E-state index contributed by atoms with van der Waals surface area (Å²) >= 11 is 1.77. The SMILES string of the molecule is CC(C)C(C(=O)I)C1C(NS(C)(=O)=O)CCN1C(=O)C=CCN1CCCCC1. The number of nitrogens with zero attached hydrogens (tertiary/aromatic N) is 2. The van der Waals surface area contributed by atoms with Crippen LogP contribution in [-0.4, -0.2) is 72.4 Å². The van der Waals surface area contributed by atoms with Gasteiger partial charge in [0.2, 0.25) is 15.9 Å². The highest BCUT2D eigenvalue weighted by atomic mass is 127. The minimum atomic E-state index is -3.43. The van der Waals surface area contributed by atoms with Crippen molar-refractivity contribution in [3.63, 3.8) is 0 Å². The predicted molar refractivity (Wildman–Crippen MR) is 119 cm³/mol. The van der Waals surface area contributed by atoms with E-state index in [-0.39, 0.29) is 15.6 Å². The molecule has 0 spiro atoms. The predicted octanol–water partition coefficient (Wildman–Crippen LogP) is 1.78. The van der Waals surface area contributed by atoms with Crippen LogP contribution in [0.15, 0.2) is 12.2 Å². The first kappa shape index (κ1) is 23.8. The minimum absolute atomic E-state index is 0.00369. The molecule has 0 aromatic carbocycles. The fraction of sp³-hybridized carbons (Fsp3) is 0.789. The maximum Gasteiger partial charge on any atom is 0.246 e. The average Bonchev–Trinajstić information content (AvgIpc) is 2.96. The van der Waals surface area contributed by atoms with E-state index in [0.717, 1.165) is 25.9 Å². The maximum atomic E-state index is 12.9. The van der Waals surface area contributed by atoms with Crippen LogP contribution in [0, 0.1) is 11.8 Å². The zero-order chi connectivity index (χ0) is 20.9. The van der Waals surface area contributed by atoms with Crippen LogP contribution in [0.3, 0.4) is 0 Å². The molecule has 1 N–H and O–H groups in total. The van der Waals surface area contributed by atoms with Crippen molar-refractivity contribution in [2.45, 2.75) is 51.6 Å². The Morgan fingerprint density at radius 3 is 2.36 bits per heavy atom. The number of carbonyl (C=O) groups is 2. The summed E-state index contributed by atoms with van der Waals surface area (Å²) in [6.07, 6.45) is 8.76. The van der Waals surface area contributed by atoms with Crippen LogP contribution in [-0.2, 0) is 19.6 Å². The molecule has 0 aromatic rings. The van der Waals surface area contributed by atoms with E-state index in [0.29, 0.717) is 13.0 Å². The molecular formula is C19H32IN3O4S. The Bertz CT molecular complexity index is 689. The fourth-order valence-corrected chi connectivity index (χ4v) is 6.15. The van der Waals surface area contributed by atoms with Crippen LogP contribution in [0.4, 0.5) is 0 Å². The number of hydrogen-bond acceptors (Lipinski definition) is 5. The molecule has 3 atom stereocenters. The summed E-state index contributed by atoms with van der Waals surface area (Å²) in [6, 6.07) is -0.910. The topological polar surface area (TPSA) is 86.8 Å². The maximum absolute atomic E-state index is 12.9. The molecule has 7 nitrogen and oxygen atoms in total. The van der Waals surface area contributed by atoms with Crippen molar-refractivity contribution in [2.24, 2.45) is 11.8 Å². The lowest BCUT2D eigenvalue weighted by Crippen LogP contribution is -2.52. The molecule has 2 aliphatic rings. The molecule has 0 aliphatic carbocycles. The van der Waals surface area contributed by atoms with Gasteiger partial charge < -0.3 is 4.90 Å². The van der Waals surface area contributed by atoms with Gasteiger partial charge in [-0.15, -0.1) is 0 Å². The molecule has 28 heavy (non-hydrogen) atoms. The Labute approximate surface area is 182 Å². The minimum Gasteiger partial charge on any atom is -0.334 e. The Balaban J connectivity index is 2.14. The molecule has 0 aromatic heterocycles. The lowest BCUT2D eigenvalue weighted by atomic mass is 9.86. The third kappa shape index (κ3) is 6.77. The molecule has 9 heteroatoms. The monoisotopic (exact) mass is 525 g/mol. The zero-order valence-corrected chi connectivity index (χ0v) is 19.9. The van der Waals surface area contributed by atoms with Gasteiger partial charge in [0.05, 0.1) is 18.2 Å². The highest BCUT2D eigenvalue weighted by molar-refractivity contribution is 14.1. The van der Waals surface area contributed by atoms with Crippen molar-refractivity contribution in [3.8, 4) is 0 Å². The first-order valence-corrected chi connectivity index (χ1v) is 12.9. The second kappa shape index (κ2) is 10.5. The number of nitrogens with one attached hydrogen (secondary N) is 1. The second-order valence-electron chi connectivity index (χ2n) is 8.14. The highest BCUT2D eigenvalue weighted by Gasteiger charge is 2.45. The van der Waals surface area contributed by atoms with E-state index < -0.39 is 28.0 Å². The number of piperidine rings is 1. The van der Waals surface area contributed by atoms with Crippen LogP contribution in [0.5, 0.6) is 0 Å². The summed E-state index contributed by atoms with van der Waals surface area (Å²) in [5.74, 6) is -0.561. The van der Waals surface area contributed by atoms with Gasteiger partial charge in [-0.2, -0.15) is 0 Å². The smallest absolute Gasteiger partial charge is 0.246 e. The number of carbonyl (C=O) groups excluding carboxylic acids is 2. The van der Waals surface area contributed by atoms with E-state index in [1.54, 1.807) is 33.6 Å². The second-order valence-corrected chi connectivity index (χ2v) is 11.0. The van der Waals surface area contributed by atoms with Gasteiger partial charge in [-0.25, -0.2) is 13.1 Å². The molecule has 1 amide bonds. The van der Waals surface area contributed by atoms with Gasteiger partial charge in [0, 0.05) is 25.2 Å². The lowest BCUT2D eigenvalue weighted by Gasteiger charge is -2.35. The number of hydrogen-bond donors (Lipinski definition) is 1. The molecule has 2 rings (SSSR count). The molecule has 160 valence electrons.